The second kappa shape index (κ2) is 9.66. The molecule has 1 aliphatic heterocycles. The number of amides is 2. The van der Waals surface area contributed by atoms with Gasteiger partial charge in [-0.25, -0.2) is 0 Å². The Labute approximate surface area is 171 Å². The lowest BCUT2D eigenvalue weighted by Crippen LogP contribution is -2.45. The van der Waals surface area contributed by atoms with Crippen molar-refractivity contribution >= 4 is 40.4 Å². The van der Waals surface area contributed by atoms with Crippen molar-refractivity contribution in [1.82, 2.24) is 10.2 Å². The molecule has 0 radical (unpaired) electrons. The molecule has 1 aromatic heterocycles. The number of nitrogens with zero attached hydrogens (tertiary/aromatic N) is 2. The van der Waals surface area contributed by atoms with Crippen LogP contribution in [0.4, 0.5) is 5.69 Å². The Morgan fingerprint density at radius 2 is 2.07 bits per heavy atom. The third-order valence-electron chi connectivity index (χ3n) is 4.37. The van der Waals surface area contributed by atoms with Crippen LogP contribution < -0.4 is 10.6 Å². The lowest BCUT2D eigenvalue weighted by atomic mass is 10.2. The van der Waals surface area contributed by atoms with E-state index in [1.165, 1.54) is 12.1 Å². The van der Waals surface area contributed by atoms with Gasteiger partial charge < -0.3 is 15.4 Å². The first-order valence-corrected chi connectivity index (χ1v) is 9.98. The van der Waals surface area contributed by atoms with Crippen molar-refractivity contribution in [2.24, 2.45) is 0 Å². The molecule has 1 unspecified atom stereocenters. The van der Waals surface area contributed by atoms with E-state index in [1.807, 2.05) is 23.6 Å². The Bertz CT molecular complexity index is 876. The van der Waals surface area contributed by atoms with Gasteiger partial charge in [0.15, 0.2) is 0 Å². The smallest absolute Gasteiger partial charge is 0.313 e. The van der Waals surface area contributed by atoms with Crippen LogP contribution in [-0.2, 0) is 14.3 Å². The number of thiophene rings is 1. The molecule has 1 aliphatic rings. The second-order valence-electron chi connectivity index (χ2n) is 6.15. The number of morpholine rings is 1. The van der Waals surface area contributed by atoms with E-state index in [9.17, 15) is 9.59 Å². The quantitative estimate of drug-likeness (QED) is 0.727. The first-order valence-electron chi connectivity index (χ1n) is 8.72. The minimum atomic E-state index is -0.842. The van der Waals surface area contributed by atoms with Gasteiger partial charge in [-0.1, -0.05) is 17.7 Å². The van der Waals surface area contributed by atoms with Crippen LogP contribution in [0.25, 0.3) is 0 Å². The number of hydrogen-bond donors (Lipinski definition) is 2. The van der Waals surface area contributed by atoms with Crippen LogP contribution >= 0.6 is 22.9 Å². The van der Waals surface area contributed by atoms with E-state index >= 15 is 0 Å². The summed E-state index contributed by atoms with van der Waals surface area (Å²) in [6, 6.07) is 10.4. The average molecular weight is 419 g/mol. The fraction of sp³-hybridized carbons (Fsp3) is 0.316. The van der Waals surface area contributed by atoms with Crippen LogP contribution in [0, 0.1) is 11.3 Å². The molecule has 28 heavy (non-hydrogen) atoms. The lowest BCUT2D eigenvalue weighted by Gasteiger charge is -2.34. The maximum atomic E-state index is 12.3. The molecule has 9 heteroatoms. The SMILES string of the molecule is N#Cc1ccc(Cl)cc1NC(=O)C(=O)NCC(c1cccs1)N1CCOCC1. The van der Waals surface area contributed by atoms with Gasteiger partial charge in [-0.15, -0.1) is 11.3 Å². The molecular weight excluding hydrogens is 400 g/mol. The normalized spacial score (nSPS) is 15.4. The van der Waals surface area contributed by atoms with Crippen molar-refractivity contribution in [2.45, 2.75) is 6.04 Å². The van der Waals surface area contributed by atoms with Gasteiger partial charge >= 0.3 is 11.8 Å². The predicted octanol–water partition coefficient (Wildman–Crippen LogP) is 2.40. The summed E-state index contributed by atoms with van der Waals surface area (Å²) in [4.78, 5) is 27.9. The van der Waals surface area contributed by atoms with E-state index < -0.39 is 11.8 Å². The van der Waals surface area contributed by atoms with Crippen molar-refractivity contribution in [3.8, 4) is 6.07 Å². The van der Waals surface area contributed by atoms with E-state index in [1.54, 1.807) is 17.4 Å². The highest BCUT2D eigenvalue weighted by Gasteiger charge is 2.25. The molecule has 146 valence electrons. The molecule has 0 saturated carbocycles. The van der Waals surface area contributed by atoms with Gasteiger partial charge in [0, 0.05) is 29.5 Å². The molecule has 0 bridgehead atoms. The summed E-state index contributed by atoms with van der Waals surface area (Å²) in [6.45, 7) is 3.11. The first kappa shape index (κ1) is 20.3. The van der Waals surface area contributed by atoms with Crippen molar-refractivity contribution < 1.29 is 14.3 Å². The maximum absolute atomic E-state index is 12.3. The van der Waals surface area contributed by atoms with Gasteiger partial charge in [0.1, 0.15) is 6.07 Å². The number of benzene rings is 1. The summed E-state index contributed by atoms with van der Waals surface area (Å²) < 4.78 is 5.40. The molecule has 1 aromatic carbocycles. The highest BCUT2D eigenvalue weighted by Crippen LogP contribution is 2.25. The number of halogens is 1. The zero-order valence-electron chi connectivity index (χ0n) is 15.0. The molecule has 2 aromatic rings. The fourth-order valence-electron chi connectivity index (χ4n) is 2.95. The Morgan fingerprint density at radius 3 is 2.75 bits per heavy atom. The number of rotatable bonds is 5. The third kappa shape index (κ3) is 5.09. The second-order valence-corrected chi connectivity index (χ2v) is 7.56. The van der Waals surface area contributed by atoms with Gasteiger partial charge in [-0.2, -0.15) is 5.26 Å². The topological polar surface area (TPSA) is 94.5 Å². The van der Waals surface area contributed by atoms with E-state index in [0.717, 1.165) is 18.0 Å². The number of nitrogens with one attached hydrogen (secondary N) is 2. The molecule has 0 spiro atoms. The summed E-state index contributed by atoms with van der Waals surface area (Å²) in [5.41, 5.74) is 0.438. The van der Waals surface area contributed by atoms with Gasteiger partial charge in [0.25, 0.3) is 0 Å². The summed E-state index contributed by atoms with van der Waals surface area (Å²) in [5.74, 6) is -1.61. The molecule has 3 rings (SSSR count). The van der Waals surface area contributed by atoms with Crippen LogP contribution in [0.5, 0.6) is 0 Å². The molecule has 1 saturated heterocycles. The Morgan fingerprint density at radius 1 is 1.29 bits per heavy atom. The highest BCUT2D eigenvalue weighted by atomic mass is 35.5. The van der Waals surface area contributed by atoms with Crippen LogP contribution in [0.2, 0.25) is 5.02 Å². The van der Waals surface area contributed by atoms with E-state index in [2.05, 4.69) is 15.5 Å². The summed E-state index contributed by atoms with van der Waals surface area (Å²) in [6.07, 6.45) is 0. The standard InChI is InChI=1S/C19H19ClN4O3S/c20-14-4-3-13(11-21)15(10-14)23-19(26)18(25)22-12-16(17-2-1-9-28-17)24-5-7-27-8-6-24/h1-4,9-10,16H,5-8,12H2,(H,22,25)(H,23,26). The van der Waals surface area contributed by atoms with Gasteiger partial charge in [-0.3, -0.25) is 14.5 Å². The fourth-order valence-corrected chi connectivity index (χ4v) is 3.98. The summed E-state index contributed by atoms with van der Waals surface area (Å²) in [5, 5.41) is 16.6. The predicted molar refractivity (Wildman–Crippen MR) is 107 cm³/mol. The maximum Gasteiger partial charge on any atom is 0.313 e. The Kier molecular flexibility index (Phi) is 7.01. The molecule has 1 atom stereocenters. The van der Waals surface area contributed by atoms with Crippen molar-refractivity contribution in [3.63, 3.8) is 0 Å². The van der Waals surface area contributed by atoms with E-state index in [4.69, 9.17) is 21.6 Å². The highest BCUT2D eigenvalue weighted by molar-refractivity contribution is 7.10. The first-order chi connectivity index (χ1) is 13.6. The number of anilines is 1. The van der Waals surface area contributed by atoms with Crippen LogP contribution in [0.1, 0.15) is 16.5 Å². The lowest BCUT2D eigenvalue weighted by molar-refractivity contribution is -0.136. The van der Waals surface area contributed by atoms with Crippen LogP contribution in [0.3, 0.4) is 0 Å². The molecular formula is C19H19ClN4O3S. The zero-order chi connectivity index (χ0) is 19.9. The largest absolute Gasteiger partial charge is 0.379 e. The number of carbonyl (C=O) groups excluding carboxylic acids is 2. The van der Waals surface area contributed by atoms with Crippen molar-refractivity contribution in [1.29, 1.82) is 5.26 Å². The monoisotopic (exact) mass is 418 g/mol. The Hall–Kier alpha value is -2.44. The van der Waals surface area contributed by atoms with Gasteiger partial charge in [-0.05, 0) is 29.6 Å². The average Bonchev–Trinajstić information content (AvgIpc) is 3.23. The van der Waals surface area contributed by atoms with Gasteiger partial charge in [0.2, 0.25) is 0 Å². The Balaban J connectivity index is 1.63. The molecule has 0 aliphatic carbocycles. The van der Waals surface area contributed by atoms with E-state index in [-0.39, 0.29) is 17.3 Å². The van der Waals surface area contributed by atoms with Crippen LogP contribution in [0.15, 0.2) is 35.7 Å². The number of carbonyl (C=O) groups is 2. The van der Waals surface area contributed by atoms with Crippen molar-refractivity contribution in [3.05, 3.63) is 51.2 Å². The molecule has 2 N–H and O–H groups in total. The minimum Gasteiger partial charge on any atom is -0.379 e. The number of ether oxygens (including phenoxy) is 1. The number of hydrogen-bond acceptors (Lipinski definition) is 6. The van der Waals surface area contributed by atoms with E-state index in [0.29, 0.717) is 24.8 Å². The molecule has 2 amide bonds. The molecule has 1 fully saturated rings. The minimum absolute atomic E-state index is 0.0264. The third-order valence-corrected chi connectivity index (χ3v) is 5.58. The molecule has 2 heterocycles. The van der Waals surface area contributed by atoms with Crippen LogP contribution in [-0.4, -0.2) is 49.6 Å². The zero-order valence-corrected chi connectivity index (χ0v) is 16.6. The summed E-state index contributed by atoms with van der Waals surface area (Å²) >= 11 is 7.52. The summed E-state index contributed by atoms with van der Waals surface area (Å²) in [7, 11) is 0. The molecule has 7 nitrogen and oxygen atoms in total. The number of nitriles is 1. The van der Waals surface area contributed by atoms with Crippen molar-refractivity contribution in [2.75, 3.05) is 38.2 Å². The van der Waals surface area contributed by atoms with Gasteiger partial charge in [0.05, 0.1) is 30.5 Å².